The third-order valence-electron chi connectivity index (χ3n) is 3.53. The summed E-state index contributed by atoms with van der Waals surface area (Å²) in [7, 11) is -3.53. The Morgan fingerprint density at radius 3 is 2.52 bits per heavy atom. The molecule has 1 aromatic rings. The SMILES string of the molecule is CS(=O)(=O)N(CC(=O)NC1CCCC1)c1ccccc1Br. The predicted octanol–water partition coefficient (Wildman–Crippen LogP) is 2.27. The summed E-state index contributed by atoms with van der Waals surface area (Å²) >= 11 is 3.33. The van der Waals surface area contributed by atoms with Crippen LogP contribution in [0, 0.1) is 0 Å². The molecule has 1 saturated carbocycles. The van der Waals surface area contributed by atoms with Crippen LogP contribution in [0.5, 0.6) is 0 Å². The molecule has 7 heteroatoms. The first-order chi connectivity index (χ1) is 9.88. The van der Waals surface area contributed by atoms with Crippen molar-refractivity contribution in [2.75, 3.05) is 17.1 Å². The Hall–Kier alpha value is -1.08. The Morgan fingerprint density at radius 1 is 1.33 bits per heavy atom. The van der Waals surface area contributed by atoms with E-state index in [1.54, 1.807) is 24.3 Å². The molecule has 0 atom stereocenters. The first-order valence-electron chi connectivity index (χ1n) is 6.89. The number of sulfonamides is 1. The molecule has 0 radical (unpaired) electrons. The first kappa shape index (κ1) is 16.3. The van der Waals surface area contributed by atoms with Gasteiger partial charge in [-0.25, -0.2) is 8.42 Å². The highest BCUT2D eigenvalue weighted by molar-refractivity contribution is 9.10. The molecule has 0 aliphatic heterocycles. The number of carbonyl (C=O) groups excluding carboxylic acids is 1. The minimum absolute atomic E-state index is 0.179. The lowest BCUT2D eigenvalue weighted by Crippen LogP contribution is -2.43. The molecule has 1 aromatic carbocycles. The fraction of sp³-hybridized carbons (Fsp3) is 0.500. The quantitative estimate of drug-likeness (QED) is 0.859. The van der Waals surface area contributed by atoms with E-state index >= 15 is 0 Å². The molecule has 0 bridgehead atoms. The minimum atomic E-state index is -3.53. The lowest BCUT2D eigenvalue weighted by molar-refractivity contribution is -0.120. The summed E-state index contributed by atoms with van der Waals surface area (Å²) in [5.41, 5.74) is 0.474. The van der Waals surface area contributed by atoms with E-state index in [-0.39, 0.29) is 18.5 Å². The van der Waals surface area contributed by atoms with Crippen LogP contribution >= 0.6 is 15.9 Å². The molecule has 0 saturated heterocycles. The monoisotopic (exact) mass is 374 g/mol. The zero-order chi connectivity index (χ0) is 15.5. The average Bonchev–Trinajstić information content (AvgIpc) is 2.88. The largest absolute Gasteiger partial charge is 0.352 e. The maximum Gasteiger partial charge on any atom is 0.240 e. The summed E-state index contributed by atoms with van der Waals surface area (Å²) in [5.74, 6) is -0.261. The molecule has 0 heterocycles. The molecule has 1 aliphatic carbocycles. The van der Waals surface area contributed by atoms with Crippen molar-refractivity contribution in [3.8, 4) is 0 Å². The maximum absolute atomic E-state index is 12.1. The number of amides is 1. The van der Waals surface area contributed by atoms with Gasteiger partial charge in [0.15, 0.2) is 0 Å². The van der Waals surface area contributed by atoms with Crippen LogP contribution in [0.2, 0.25) is 0 Å². The Labute approximate surface area is 133 Å². The number of hydrogen-bond donors (Lipinski definition) is 1. The second-order valence-corrected chi connectivity index (χ2v) is 8.03. The number of carbonyl (C=O) groups is 1. The molecular weight excluding hydrogens is 356 g/mol. The first-order valence-corrected chi connectivity index (χ1v) is 9.53. The third kappa shape index (κ3) is 4.44. The van der Waals surface area contributed by atoms with Gasteiger partial charge >= 0.3 is 0 Å². The summed E-state index contributed by atoms with van der Waals surface area (Å²) in [4.78, 5) is 12.1. The van der Waals surface area contributed by atoms with Gasteiger partial charge in [-0.05, 0) is 40.9 Å². The van der Waals surface area contributed by atoms with Crippen molar-refractivity contribution in [3.63, 3.8) is 0 Å². The molecule has 1 aliphatic rings. The van der Waals surface area contributed by atoms with E-state index in [0.717, 1.165) is 36.2 Å². The maximum atomic E-state index is 12.1. The second kappa shape index (κ2) is 6.79. The Bertz CT molecular complexity index is 612. The number of anilines is 1. The van der Waals surface area contributed by atoms with Gasteiger partial charge in [0.05, 0.1) is 11.9 Å². The second-order valence-electron chi connectivity index (χ2n) is 5.27. The molecule has 1 N–H and O–H groups in total. The minimum Gasteiger partial charge on any atom is -0.352 e. The average molecular weight is 375 g/mol. The zero-order valence-electron chi connectivity index (χ0n) is 11.9. The van der Waals surface area contributed by atoms with Crippen LogP contribution in [-0.2, 0) is 14.8 Å². The molecule has 2 rings (SSSR count). The van der Waals surface area contributed by atoms with E-state index in [2.05, 4.69) is 21.2 Å². The number of hydrogen-bond acceptors (Lipinski definition) is 3. The number of halogens is 1. The molecule has 1 amide bonds. The molecule has 116 valence electrons. The van der Waals surface area contributed by atoms with Gasteiger partial charge < -0.3 is 5.32 Å². The van der Waals surface area contributed by atoms with Gasteiger partial charge in [0, 0.05) is 10.5 Å². The van der Waals surface area contributed by atoms with Gasteiger partial charge in [0.25, 0.3) is 0 Å². The van der Waals surface area contributed by atoms with Crippen molar-refractivity contribution in [1.82, 2.24) is 5.32 Å². The van der Waals surface area contributed by atoms with Crippen LogP contribution in [0.1, 0.15) is 25.7 Å². The van der Waals surface area contributed by atoms with Gasteiger partial charge in [-0.1, -0.05) is 25.0 Å². The number of nitrogens with one attached hydrogen (secondary N) is 1. The van der Waals surface area contributed by atoms with E-state index < -0.39 is 10.0 Å². The Balaban J connectivity index is 2.14. The molecule has 0 spiro atoms. The van der Waals surface area contributed by atoms with Crippen LogP contribution in [0.4, 0.5) is 5.69 Å². The summed E-state index contributed by atoms with van der Waals surface area (Å²) in [5, 5.41) is 2.91. The normalized spacial score (nSPS) is 15.9. The van der Waals surface area contributed by atoms with Gasteiger partial charge in [-0.15, -0.1) is 0 Å². The molecule has 5 nitrogen and oxygen atoms in total. The van der Waals surface area contributed by atoms with Crippen molar-refractivity contribution < 1.29 is 13.2 Å². The highest BCUT2D eigenvalue weighted by Gasteiger charge is 2.24. The fourth-order valence-corrected chi connectivity index (χ4v) is 3.99. The van der Waals surface area contributed by atoms with E-state index in [1.165, 1.54) is 0 Å². The van der Waals surface area contributed by atoms with Crippen molar-refractivity contribution >= 4 is 37.5 Å². The van der Waals surface area contributed by atoms with Gasteiger partial charge in [0.2, 0.25) is 15.9 Å². The molecule has 21 heavy (non-hydrogen) atoms. The van der Waals surface area contributed by atoms with Crippen LogP contribution in [0.3, 0.4) is 0 Å². The van der Waals surface area contributed by atoms with Crippen LogP contribution in [0.25, 0.3) is 0 Å². The van der Waals surface area contributed by atoms with E-state index in [9.17, 15) is 13.2 Å². The molecule has 1 fully saturated rings. The van der Waals surface area contributed by atoms with E-state index in [0.29, 0.717) is 10.2 Å². The van der Waals surface area contributed by atoms with Gasteiger partial charge in [-0.3, -0.25) is 9.10 Å². The van der Waals surface area contributed by atoms with Crippen molar-refractivity contribution in [2.45, 2.75) is 31.7 Å². The fourth-order valence-electron chi connectivity index (χ4n) is 2.51. The van der Waals surface area contributed by atoms with Crippen molar-refractivity contribution in [1.29, 1.82) is 0 Å². The van der Waals surface area contributed by atoms with Crippen molar-refractivity contribution in [2.24, 2.45) is 0 Å². The van der Waals surface area contributed by atoms with Crippen molar-refractivity contribution in [3.05, 3.63) is 28.7 Å². The highest BCUT2D eigenvalue weighted by atomic mass is 79.9. The summed E-state index contributed by atoms with van der Waals surface area (Å²) < 4.78 is 25.7. The van der Waals surface area contributed by atoms with Gasteiger partial charge in [-0.2, -0.15) is 0 Å². The Kier molecular flexibility index (Phi) is 5.27. The number of benzene rings is 1. The Morgan fingerprint density at radius 2 is 1.95 bits per heavy atom. The van der Waals surface area contributed by atoms with E-state index in [4.69, 9.17) is 0 Å². The molecule has 0 aromatic heterocycles. The third-order valence-corrected chi connectivity index (χ3v) is 5.33. The molecular formula is C14H19BrN2O3S. The standard InChI is InChI=1S/C14H19BrN2O3S/c1-21(19,20)17(13-9-5-4-8-12(13)15)10-14(18)16-11-6-2-3-7-11/h4-5,8-9,11H,2-3,6-7,10H2,1H3,(H,16,18). The zero-order valence-corrected chi connectivity index (χ0v) is 14.3. The predicted molar refractivity (Wildman–Crippen MR) is 86.7 cm³/mol. The number of nitrogens with zero attached hydrogens (tertiary/aromatic N) is 1. The van der Waals surface area contributed by atoms with Crippen LogP contribution < -0.4 is 9.62 Å². The summed E-state index contributed by atoms with van der Waals surface area (Å²) in [6, 6.07) is 7.15. The topological polar surface area (TPSA) is 66.5 Å². The summed E-state index contributed by atoms with van der Waals surface area (Å²) in [6.07, 6.45) is 5.28. The highest BCUT2D eigenvalue weighted by Crippen LogP contribution is 2.27. The lowest BCUT2D eigenvalue weighted by Gasteiger charge is -2.24. The number of para-hydroxylation sites is 1. The van der Waals surface area contributed by atoms with Crippen LogP contribution in [-0.4, -0.2) is 33.2 Å². The van der Waals surface area contributed by atoms with Gasteiger partial charge in [0.1, 0.15) is 6.54 Å². The van der Waals surface area contributed by atoms with Crippen LogP contribution in [0.15, 0.2) is 28.7 Å². The smallest absolute Gasteiger partial charge is 0.240 e. The number of rotatable bonds is 5. The summed E-state index contributed by atoms with van der Waals surface area (Å²) in [6.45, 7) is -0.196. The lowest BCUT2D eigenvalue weighted by atomic mass is 10.2. The molecule has 0 unspecified atom stereocenters. The van der Waals surface area contributed by atoms with E-state index in [1.807, 2.05) is 0 Å².